The van der Waals surface area contributed by atoms with Crippen molar-refractivity contribution in [2.24, 2.45) is 0 Å². The van der Waals surface area contributed by atoms with Crippen LogP contribution >= 0.6 is 0 Å². The molecule has 0 aromatic heterocycles. The van der Waals surface area contributed by atoms with Crippen LogP contribution in [-0.2, 0) is 29.7 Å². The number of rotatable bonds is 2. The highest BCUT2D eigenvalue weighted by Gasteiger charge is 2.76. The normalized spacial score (nSPS) is 38.7. The molecule has 5 rings (SSSR count). The van der Waals surface area contributed by atoms with Crippen molar-refractivity contribution in [3.63, 3.8) is 0 Å². The third-order valence-electron chi connectivity index (χ3n) is 4.82. The van der Waals surface area contributed by atoms with Gasteiger partial charge in [0.25, 0.3) is 11.6 Å². The third-order valence-corrected chi connectivity index (χ3v) is 4.82. The van der Waals surface area contributed by atoms with Gasteiger partial charge in [0.05, 0.1) is 11.1 Å². The Hall–Kier alpha value is -1.99. The Bertz CT molecular complexity index is 798. The zero-order valence-corrected chi connectivity index (χ0v) is 13.1. The summed E-state index contributed by atoms with van der Waals surface area (Å²) in [5, 5.41) is 0. The van der Waals surface area contributed by atoms with Crippen LogP contribution in [0.25, 0.3) is 0 Å². The maximum atomic E-state index is 12.3. The van der Waals surface area contributed by atoms with Gasteiger partial charge in [-0.3, -0.25) is 9.47 Å². The van der Waals surface area contributed by atoms with E-state index < -0.39 is 23.5 Å². The van der Waals surface area contributed by atoms with Crippen molar-refractivity contribution >= 4 is 5.97 Å². The maximum absolute atomic E-state index is 12.3. The molecule has 0 radical (unpaired) electrons. The van der Waals surface area contributed by atoms with E-state index in [1.807, 2.05) is 18.2 Å². The highest BCUT2D eigenvalue weighted by molar-refractivity contribution is 5.94. The average Bonchev–Trinajstić information content (AvgIpc) is 3.16. The molecule has 1 aromatic carbocycles. The highest BCUT2D eigenvalue weighted by Crippen LogP contribution is 2.60. The number of hydrogen-bond donors (Lipinski definition) is 0. The Kier molecular flexibility index (Phi) is 2.72. The summed E-state index contributed by atoms with van der Waals surface area (Å²) in [7, 11) is 0. The van der Waals surface area contributed by atoms with E-state index in [1.54, 1.807) is 24.3 Å². The Morgan fingerprint density at radius 1 is 1.17 bits per heavy atom. The predicted octanol–water partition coefficient (Wildman–Crippen LogP) is 2.71. The fourth-order valence-corrected chi connectivity index (χ4v) is 3.81. The second kappa shape index (κ2) is 4.55. The minimum absolute atomic E-state index is 0.0388. The Morgan fingerprint density at radius 2 is 2.04 bits per heavy atom. The molecule has 1 aliphatic carbocycles. The first-order valence-corrected chi connectivity index (χ1v) is 8.05. The second-order valence-electron chi connectivity index (χ2n) is 6.19. The molecular formula is C18H16O6. The summed E-state index contributed by atoms with van der Waals surface area (Å²) in [5.74, 6) is -4.64. The molecule has 24 heavy (non-hydrogen) atoms. The molecular weight excluding hydrogens is 312 g/mol. The molecule has 6 nitrogen and oxygen atoms in total. The molecule has 3 atom stereocenters. The van der Waals surface area contributed by atoms with E-state index in [2.05, 4.69) is 6.92 Å². The zero-order valence-electron chi connectivity index (χ0n) is 13.1. The number of hydrogen-bond acceptors (Lipinski definition) is 6. The molecule has 0 saturated carbocycles. The second-order valence-corrected chi connectivity index (χ2v) is 6.19. The van der Waals surface area contributed by atoms with Gasteiger partial charge < -0.3 is 14.2 Å². The Morgan fingerprint density at radius 3 is 2.92 bits per heavy atom. The van der Waals surface area contributed by atoms with Crippen molar-refractivity contribution in [1.82, 2.24) is 0 Å². The number of benzene rings is 1. The predicted molar refractivity (Wildman–Crippen MR) is 80.3 cm³/mol. The number of carbonyl (C=O) groups is 1. The minimum atomic E-state index is -1.66. The standard InChI is InChI=1S/C18H16O6/c1-2-6-12-7-5-10-16-17(12,21-11-20-16)24-18(23-16)14-9-4-3-8-13(14)15(19)22-18/h3-5,7-10H,2,6,11H2,1H3. The minimum Gasteiger partial charge on any atom is -0.400 e. The Labute approximate surface area is 138 Å². The fourth-order valence-electron chi connectivity index (χ4n) is 3.81. The van der Waals surface area contributed by atoms with Crippen LogP contribution in [0.3, 0.4) is 0 Å². The third kappa shape index (κ3) is 1.52. The first-order valence-electron chi connectivity index (χ1n) is 8.05. The average molecular weight is 328 g/mol. The van der Waals surface area contributed by atoms with Crippen molar-refractivity contribution in [3.05, 3.63) is 59.2 Å². The summed E-state index contributed by atoms with van der Waals surface area (Å²) >= 11 is 0. The van der Waals surface area contributed by atoms with Crippen molar-refractivity contribution in [3.8, 4) is 0 Å². The topological polar surface area (TPSA) is 63.2 Å². The van der Waals surface area contributed by atoms with E-state index in [9.17, 15) is 4.79 Å². The van der Waals surface area contributed by atoms with Crippen LogP contribution in [0.5, 0.6) is 0 Å². The maximum Gasteiger partial charge on any atom is 0.365 e. The van der Waals surface area contributed by atoms with Gasteiger partial charge in [-0.1, -0.05) is 37.6 Å². The largest absolute Gasteiger partial charge is 0.400 e. The van der Waals surface area contributed by atoms with Crippen LogP contribution in [0.1, 0.15) is 35.7 Å². The quantitative estimate of drug-likeness (QED) is 0.778. The molecule has 1 aromatic rings. The molecule has 2 saturated heterocycles. The van der Waals surface area contributed by atoms with Gasteiger partial charge in [-0.05, 0) is 30.2 Å². The molecule has 2 fully saturated rings. The van der Waals surface area contributed by atoms with Crippen LogP contribution in [0.2, 0.25) is 0 Å². The molecule has 3 heterocycles. The highest BCUT2D eigenvalue weighted by atomic mass is 17.0. The lowest BCUT2D eigenvalue weighted by molar-refractivity contribution is -0.370. The van der Waals surface area contributed by atoms with Gasteiger partial charge in [0, 0.05) is 0 Å². The molecule has 1 spiro atoms. The van der Waals surface area contributed by atoms with Gasteiger partial charge in [-0.15, -0.1) is 0 Å². The summed E-state index contributed by atoms with van der Waals surface area (Å²) in [5.41, 5.74) is 1.86. The lowest BCUT2D eigenvalue weighted by Crippen LogP contribution is -2.50. The van der Waals surface area contributed by atoms with Gasteiger partial charge in [-0.2, -0.15) is 0 Å². The van der Waals surface area contributed by atoms with E-state index in [0.29, 0.717) is 11.1 Å². The fraction of sp³-hybridized carbons (Fsp3) is 0.389. The number of fused-ring (bicyclic) bond motifs is 2. The molecule has 4 aliphatic rings. The molecule has 0 N–H and O–H groups in total. The van der Waals surface area contributed by atoms with Crippen LogP contribution < -0.4 is 0 Å². The number of carbonyl (C=O) groups excluding carboxylic acids is 1. The van der Waals surface area contributed by atoms with Crippen molar-refractivity contribution in [1.29, 1.82) is 0 Å². The van der Waals surface area contributed by atoms with E-state index in [-0.39, 0.29) is 6.79 Å². The van der Waals surface area contributed by atoms with Gasteiger partial charge in [0.1, 0.15) is 0 Å². The first-order chi connectivity index (χ1) is 11.6. The molecule has 3 aliphatic heterocycles. The molecule has 0 amide bonds. The SMILES string of the molecule is CCCC1=CC=CC23OCOC12OC1(OC(=O)c2ccccc21)O3. The monoisotopic (exact) mass is 328 g/mol. The lowest BCUT2D eigenvalue weighted by Gasteiger charge is -2.34. The van der Waals surface area contributed by atoms with Gasteiger partial charge in [0.15, 0.2) is 6.79 Å². The van der Waals surface area contributed by atoms with Crippen LogP contribution in [-0.4, -0.2) is 24.3 Å². The van der Waals surface area contributed by atoms with Crippen molar-refractivity contribution < 1.29 is 28.5 Å². The molecule has 6 heteroatoms. The summed E-state index contributed by atoms with van der Waals surface area (Å²) in [4.78, 5) is 12.3. The summed E-state index contributed by atoms with van der Waals surface area (Å²) < 4.78 is 29.6. The number of ether oxygens (including phenoxy) is 5. The Balaban J connectivity index is 1.67. The molecule has 124 valence electrons. The molecule has 0 bridgehead atoms. The van der Waals surface area contributed by atoms with E-state index >= 15 is 0 Å². The summed E-state index contributed by atoms with van der Waals surface area (Å²) in [6.07, 6.45) is 7.23. The number of esters is 1. The van der Waals surface area contributed by atoms with E-state index in [4.69, 9.17) is 23.7 Å². The molecule has 3 unspecified atom stereocenters. The van der Waals surface area contributed by atoms with Crippen LogP contribution in [0.15, 0.2) is 48.1 Å². The first kappa shape index (κ1) is 14.4. The van der Waals surface area contributed by atoms with E-state index in [0.717, 1.165) is 18.4 Å². The van der Waals surface area contributed by atoms with Gasteiger partial charge in [0.2, 0.25) is 0 Å². The smallest absolute Gasteiger partial charge is 0.365 e. The van der Waals surface area contributed by atoms with E-state index in [1.165, 1.54) is 0 Å². The van der Waals surface area contributed by atoms with Crippen LogP contribution in [0.4, 0.5) is 0 Å². The zero-order chi connectivity index (χ0) is 16.4. The van der Waals surface area contributed by atoms with Crippen molar-refractivity contribution in [2.75, 3.05) is 6.79 Å². The van der Waals surface area contributed by atoms with Crippen LogP contribution in [0, 0.1) is 0 Å². The van der Waals surface area contributed by atoms with Crippen molar-refractivity contribution in [2.45, 2.75) is 37.3 Å². The van der Waals surface area contributed by atoms with Gasteiger partial charge >= 0.3 is 11.9 Å². The number of allylic oxidation sites excluding steroid dienone is 2. The van der Waals surface area contributed by atoms with Gasteiger partial charge in [-0.25, -0.2) is 4.79 Å². The summed E-state index contributed by atoms with van der Waals surface area (Å²) in [6.45, 7) is 2.11. The summed E-state index contributed by atoms with van der Waals surface area (Å²) in [6, 6.07) is 7.02. The lowest BCUT2D eigenvalue weighted by atomic mass is 9.89.